The van der Waals surface area contributed by atoms with E-state index in [0.29, 0.717) is 11.8 Å². The van der Waals surface area contributed by atoms with Gasteiger partial charge in [-0.25, -0.2) is 0 Å². The molecule has 1 atom stereocenters. The van der Waals surface area contributed by atoms with Gasteiger partial charge in [0.05, 0.1) is 11.7 Å². The van der Waals surface area contributed by atoms with E-state index >= 15 is 0 Å². The molecule has 3 rings (SSSR count). The highest BCUT2D eigenvalue weighted by molar-refractivity contribution is 5.03. The first-order valence-corrected chi connectivity index (χ1v) is 8.84. The summed E-state index contributed by atoms with van der Waals surface area (Å²) in [6.45, 7) is 9.43. The number of nitrogens with zero attached hydrogens (tertiary/aromatic N) is 4. The second-order valence-corrected chi connectivity index (χ2v) is 6.59. The molecule has 7 heteroatoms. The molecule has 0 amide bonds. The van der Waals surface area contributed by atoms with E-state index < -0.39 is 0 Å². The van der Waals surface area contributed by atoms with Gasteiger partial charge in [-0.15, -0.1) is 0 Å². The van der Waals surface area contributed by atoms with Gasteiger partial charge < -0.3 is 9.26 Å². The first-order valence-electron chi connectivity index (χ1n) is 8.84. The Hall–Kier alpha value is -1.73. The second kappa shape index (κ2) is 7.90. The third-order valence-electron chi connectivity index (χ3n) is 4.58. The Morgan fingerprint density at radius 2 is 2.12 bits per heavy atom. The van der Waals surface area contributed by atoms with Crippen LogP contribution in [0.4, 0.5) is 0 Å². The van der Waals surface area contributed by atoms with Crippen LogP contribution in [0, 0.1) is 5.92 Å². The first kappa shape index (κ1) is 17.1. The van der Waals surface area contributed by atoms with Gasteiger partial charge in [-0.05, 0) is 31.7 Å². The Morgan fingerprint density at radius 3 is 2.79 bits per heavy atom. The molecule has 1 aliphatic rings. The van der Waals surface area contributed by atoms with E-state index in [1.807, 2.05) is 16.9 Å². The quantitative estimate of drug-likeness (QED) is 0.839. The Labute approximate surface area is 142 Å². The molecule has 0 saturated carbocycles. The number of hydrogen-bond donors (Lipinski definition) is 1. The molecule has 0 aliphatic carbocycles. The number of ether oxygens (including phenoxy) is 1. The van der Waals surface area contributed by atoms with Crippen LogP contribution < -0.4 is 5.32 Å². The van der Waals surface area contributed by atoms with Gasteiger partial charge in [0.2, 0.25) is 5.89 Å². The third-order valence-corrected chi connectivity index (χ3v) is 4.58. The van der Waals surface area contributed by atoms with Crippen LogP contribution in [0.25, 0.3) is 0 Å². The maximum absolute atomic E-state index is 5.58. The highest BCUT2D eigenvalue weighted by Gasteiger charge is 2.30. The van der Waals surface area contributed by atoms with Crippen molar-refractivity contribution in [3.63, 3.8) is 0 Å². The summed E-state index contributed by atoms with van der Waals surface area (Å²) < 4.78 is 13.1. The monoisotopic (exact) mass is 333 g/mol. The van der Waals surface area contributed by atoms with E-state index in [-0.39, 0.29) is 12.0 Å². The molecule has 0 spiro atoms. The number of nitrogens with one attached hydrogen (secondary N) is 1. The maximum Gasteiger partial charge on any atom is 0.244 e. The summed E-state index contributed by atoms with van der Waals surface area (Å²) in [7, 11) is 0. The van der Waals surface area contributed by atoms with E-state index in [2.05, 4.69) is 41.3 Å². The summed E-state index contributed by atoms with van der Waals surface area (Å²) in [5, 5.41) is 12.1. The zero-order valence-corrected chi connectivity index (χ0v) is 14.7. The fourth-order valence-corrected chi connectivity index (χ4v) is 3.12. The Bertz CT molecular complexity index is 630. The first-order chi connectivity index (χ1) is 11.7. The van der Waals surface area contributed by atoms with Gasteiger partial charge in [0, 0.05) is 38.4 Å². The molecular formula is C17H27N5O2. The van der Waals surface area contributed by atoms with Gasteiger partial charge in [0.15, 0.2) is 5.82 Å². The maximum atomic E-state index is 5.58. The number of hydrogen-bond acceptors (Lipinski definition) is 6. The van der Waals surface area contributed by atoms with Gasteiger partial charge in [-0.3, -0.25) is 10.00 Å². The lowest BCUT2D eigenvalue weighted by Gasteiger charge is -2.28. The van der Waals surface area contributed by atoms with E-state index in [1.165, 1.54) is 0 Å². The van der Waals surface area contributed by atoms with Crippen molar-refractivity contribution in [3.8, 4) is 0 Å². The predicted molar refractivity (Wildman–Crippen MR) is 89.4 cm³/mol. The molecule has 1 fully saturated rings. The van der Waals surface area contributed by atoms with Crippen LogP contribution in [0.5, 0.6) is 0 Å². The smallest absolute Gasteiger partial charge is 0.244 e. The molecule has 24 heavy (non-hydrogen) atoms. The molecule has 0 aromatic carbocycles. The molecule has 1 aliphatic heterocycles. The summed E-state index contributed by atoms with van der Waals surface area (Å²) in [6.07, 6.45) is 3.85. The van der Waals surface area contributed by atoms with E-state index in [1.54, 1.807) is 0 Å². The Kier molecular flexibility index (Phi) is 5.63. The Morgan fingerprint density at radius 1 is 1.33 bits per heavy atom. The van der Waals surface area contributed by atoms with Gasteiger partial charge >= 0.3 is 0 Å². The standard InChI is InChI=1S/C17H27N5O2/c1-4-22-14(5-8-19-22)11-18-15(13-6-9-23-10-7-13)17-20-16(12(2)3)21-24-17/h5,8,12-13,15,18H,4,6-7,9-11H2,1-3H3/t15-/m0/s1. The zero-order valence-electron chi connectivity index (χ0n) is 14.7. The molecule has 7 nitrogen and oxygen atoms in total. The van der Waals surface area contributed by atoms with Crippen LogP contribution in [-0.4, -0.2) is 33.1 Å². The molecule has 2 aromatic heterocycles. The highest BCUT2D eigenvalue weighted by Crippen LogP contribution is 2.30. The van der Waals surface area contributed by atoms with Crippen LogP contribution in [0.15, 0.2) is 16.8 Å². The van der Waals surface area contributed by atoms with Crippen molar-refractivity contribution < 1.29 is 9.26 Å². The largest absolute Gasteiger partial charge is 0.381 e. The zero-order chi connectivity index (χ0) is 16.9. The van der Waals surface area contributed by atoms with E-state index in [9.17, 15) is 0 Å². The van der Waals surface area contributed by atoms with Gasteiger partial charge in [-0.1, -0.05) is 19.0 Å². The minimum absolute atomic E-state index is 0.0501. The highest BCUT2D eigenvalue weighted by atomic mass is 16.5. The molecular weight excluding hydrogens is 306 g/mol. The van der Waals surface area contributed by atoms with Gasteiger partial charge in [0.1, 0.15) is 0 Å². The number of rotatable bonds is 7. The predicted octanol–water partition coefficient (Wildman–Crippen LogP) is 2.67. The topological polar surface area (TPSA) is 78.0 Å². The summed E-state index contributed by atoms with van der Waals surface area (Å²) in [6, 6.07) is 2.10. The lowest BCUT2D eigenvalue weighted by molar-refractivity contribution is 0.0484. The summed E-state index contributed by atoms with van der Waals surface area (Å²) >= 11 is 0. The summed E-state index contributed by atoms with van der Waals surface area (Å²) in [5.41, 5.74) is 1.16. The van der Waals surface area contributed by atoms with E-state index in [4.69, 9.17) is 9.26 Å². The minimum Gasteiger partial charge on any atom is -0.381 e. The van der Waals surface area contributed by atoms with E-state index in [0.717, 1.165) is 50.7 Å². The average molecular weight is 333 g/mol. The molecule has 132 valence electrons. The van der Waals surface area contributed by atoms with Crippen LogP contribution in [0.2, 0.25) is 0 Å². The molecule has 3 heterocycles. The summed E-state index contributed by atoms with van der Waals surface area (Å²) in [5.74, 6) is 2.16. The fraction of sp³-hybridized carbons (Fsp3) is 0.706. The molecule has 1 N–H and O–H groups in total. The lowest BCUT2D eigenvalue weighted by atomic mass is 9.91. The van der Waals surface area contributed by atoms with Crippen molar-refractivity contribution in [2.75, 3.05) is 13.2 Å². The average Bonchev–Trinajstić information content (AvgIpc) is 3.25. The SMILES string of the molecule is CCn1nccc1CN[C@H](c1nc(C(C)C)no1)C1CCOCC1. The van der Waals surface area contributed by atoms with Crippen molar-refractivity contribution in [2.24, 2.45) is 5.92 Å². The molecule has 2 aromatic rings. The molecule has 0 radical (unpaired) electrons. The number of aryl methyl sites for hydroxylation is 1. The van der Waals surface area contributed by atoms with Gasteiger partial charge in [-0.2, -0.15) is 10.1 Å². The van der Waals surface area contributed by atoms with Crippen LogP contribution in [0.3, 0.4) is 0 Å². The molecule has 0 unspecified atom stereocenters. The lowest BCUT2D eigenvalue weighted by Crippen LogP contribution is -2.32. The van der Waals surface area contributed by atoms with Crippen molar-refractivity contribution in [1.82, 2.24) is 25.2 Å². The van der Waals surface area contributed by atoms with Crippen molar-refractivity contribution >= 4 is 0 Å². The summed E-state index contributed by atoms with van der Waals surface area (Å²) in [4.78, 5) is 4.62. The molecule has 1 saturated heterocycles. The van der Waals surface area contributed by atoms with Crippen molar-refractivity contribution in [1.29, 1.82) is 0 Å². The minimum atomic E-state index is 0.0501. The van der Waals surface area contributed by atoms with Crippen LogP contribution in [0.1, 0.15) is 63.0 Å². The normalized spacial score (nSPS) is 17.5. The fourth-order valence-electron chi connectivity index (χ4n) is 3.12. The van der Waals surface area contributed by atoms with Crippen LogP contribution in [-0.2, 0) is 17.8 Å². The molecule has 0 bridgehead atoms. The van der Waals surface area contributed by atoms with Crippen molar-refractivity contribution in [2.45, 2.75) is 58.7 Å². The van der Waals surface area contributed by atoms with Crippen molar-refractivity contribution in [3.05, 3.63) is 29.7 Å². The third kappa shape index (κ3) is 3.84. The second-order valence-electron chi connectivity index (χ2n) is 6.59. The van der Waals surface area contributed by atoms with Crippen LogP contribution >= 0.6 is 0 Å². The van der Waals surface area contributed by atoms with Gasteiger partial charge in [0.25, 0.3) is 0 Å². The Balaban J connectivity index is 1.76. The number of aromatic nitrogens is 4.